The van der Waals surface area contributed by atoms with Gasteiger partial charge in [0, 0.05) is 12.1 Å². The quantitative estimate of drug-likeness (QED) is 0.569. The zero-order valence-corrected chi connectivity index (χ0v) is 12.9. The van der Waals surface area contributed by atoms with Gasteiger partial charge in [0.1, 0.15) is 6.04 Å². The van der Waals surface area contributed by atoms with Crippen LogP contribution in [0.15, 0.2) is 48.1 Å². The van der Waals surface area contributed by atoms with Gasteiger partial charge in [0.15, 0.2) is 0 Å². The molecule has 0 aliphatic heterocycles. The molecule has 1 aliphatic carbocycles. The number of carbonyl (C=O) groups excluding carboxylic acids is 1. The molecule has 1 unspecified atom stereocenters. The first-order chi connectivity index (χ1) is 10.6. The predicted octanol–water partition coefficient (Wildman–Crippen LogP) is 1.94. The second kappa shape index (κ2) is 10.6. The van der Waals surface area contributed by atoms with Crippen LogP contribution in [-0.2, 0) is 9.59 Å². The number of amides is 1. The lowest BCUT2D eigenvalue weighted by Crippen LogP contribution is -2.36. The zero-order chi connectivity index (χ0) is 16.2. The molecule has 1 amide bonds. The van der Waals surface area contributed by atoms with Crippen molar-refractivity contribution in [1.82, 2.24) is 10.6 Å². The van der Waals surface area contributed by atoms with Crippen molar-refractivity contribution in [3.05, 3.63) is 48.1 Å². The molecular weight excluding hydrogens is 280 g/mol. The Labute approximate surface area is 131 Å². The molecule has 5 nitrogen and oxygen atoms in total. The predicted molar refractivity (Wildman–Crippen MR) is 87.5 cm³/mol. The summed E-state index contributed by atoms with van der Waals surface area (Å²) in [5, 5.41) is 14.8. The molecule has 0 radical (unpaired) electrons. The van der Waals surface area contributed by atoms with Crippen LogP contribution in [0.25, 0.3) is 0 Å². The molecule has 0 heterocycles. The molecular formula is C17H24N2O3. The van der Waals surface area contributed by atoms with Gasteiger partial charge in [0.2, 0.25) is 0 Å². The summed E-state index contributed by atoms with van der Waals surface area (Å²) in [6.07, 6.45) is 14.9. The molecule has 22 heavy (non-hydrogen) atoms. The fourth-order valence-corrected chi connectivity index (χ4v) is 2.05. The Kier molecular flexibility index (Phi) is 8.60. The fourth-order valence-electron chi connectivity index (χ4n) is 2.05. The Morgan fingerprint density at radius 3 is 2.59 bits per heavy atom. The number of carboxylic acids is 1. The van der Waals surface area contributed by atoms with Gasteiger partial charge in [-0.1, -0.05) is 37.3 Å². The minimum atomic E-state index is -0.824. The summed E-state index contributed by atoms with van der Waals surface area (Å²) in [5.74, 6) is -0.937. The van der Waals surface area contributed by atoms with E-state index in [9.17, 15) is 9.59 Å². The van der Waals surface area contributed by atoms with Crippen LogP contribution in [0.3, 0.4) is 0 Å². The molecule has 1 rings (SSSR count). The number of aliphatic carboxylic acids is 1. The first-order valence-electron chi connectivity index (χ1n) is 7.61. The van der Waals surface area contributed by atoms with Crippen molar-refractivity contribution < 1.29 is 14.7 Å². The summed E-state index contributed by atoms with van der Waals surface area (Å²) < 4.78 is 0. The Morgan fingerprint density at radius 2 is 1.86 bits per heavy atom. The van der Waals surface area contributed by atoms with Gasteiger partial charge in [-0.05, 0) is 38.0 Å². The number of nitrogens with one attached hydrogen (secondary N) is 2. The monoisotopic (exact) mass is 304 g/mol. The van der Waals surface area contributed by atoms with Crippen LogP contribution in [0.4, 0.5) is 0 Å². The molecule has 0 bridgehead atoms. The van der Waals surface area contributed by atoms with Gasteiger partial charge in [-0.25, -0.2) is 0 Å². The first-order valence-corrected chi connectivity index (χ1v) is 7.61. The van der Waals surface area contributed by atoms with Gasteiger partial charge >= 0.3 is 5.97 Å². The third-order valence-corrected chi connectivity index (χ3v) is 3.21. The highest BCUT2D eigenvalue weighted by molar-refractivity contribution is 5.96. The van der Waals surface area contributed by atoms with Crippen LogP contribution in [0.2, 0.25) is 0 Å². The van der Waals surface area contributed by atoms with Gasteiger partial charge in [-0.3, -0.25) is 9.59 Å². The highest BCUT2D eigenvalue weighted by Gasteiger charge is 2.14. The van der Waals surface area contributed by atoms with Gasteiger partial charge in [0.25, 0.3) is 5.91 Å². The Bertz CT molecular complexity index is 490. The molecule has 5 heteroatoms. The summed E-state index contributed by atoms with van der Waals surface area (Å²) in [5.41, 5.74) is 0.608. The number of unbranched alkanes of at least 4 members (excludes halogenated alkanes) is 1. The van der Waals surface area contributed by atoms with E-state index < -0.39 is 12.0 Å². The van der Waals surface area contributed by atoms with E-state index >= 15 is 0 Å². The first kappa shape index (κ1) is 17.9. The average molecular weight is 304 g/mol. The molecule has 1 atom stereocenters. The van der Waals surface area contributed by atoms with Crippen molar-refractivity contribution >= 4 is 11.9 Å². The van der Waals surface area contributed by atoms with E-state index in [2.05, 4.69) is 10.6 Å². The molecule has 0 aromatic heterocycles. The average Bonchev–Trinajstić information content (AvgIpc) is 2.45. The third kappa shape index (κ3) is 7.04. The topological polar surface area (TPSA) is 78.4 Å². The number of hydrogen-bond acceptors (Lipinski definition) is 3. The maximum Gasteiger partial charge on any atom is 0.320 e. The minimum absolute atomic E-state index is 0.113. The lowest BCUT2D eigenvalue weighted by molar-refractivity contribution is -0.139. The summed E-state index contributed by atoms with van der Waals surface area (Å²) in [4.78, 5) is 22.9. The highest BCUT2D eigenvalue weighted by Crippen LogP contribution is 2.03. The Hall–Kier alpha value is -2.14. The maximum absolute atomic E-state index is 12.0. The number of hydrogen-bond donors (Lipinski definition) is 3. The summed E-state index contributed by atoms with van der Waals surface area (Å²) in [6.45, 7) is 3.06. The highest BCUT2D eigenvalue weighted by atomic mass is 16.4. The molecule has 0 saturated carbocycles. The van der Waals surface area contributed by atoms with Crippen LogP contribution in [0.5, 0.6) is 0 Å². The second-order valence-electron chi connectivity index (χ2n) is 4.95. The zero-order valence-electron chi connectivity index (χ0n) is 12.9. The van der Waals surface area contributed by atoms with E-state index in [0.29, 0.717) is 25.1 Å². The van der Waals surface area contributed by atoms with E-state index in [-0.39, 0.29) is 5.91 Å². The number of rotatable bonds is 9. The lowest BCUT2D eigenvalue weighted by atomic mass is 10.1. The van der Waals surface area contributed by atoms with Crippen LogP contribution >= 0.6 is 0 Å². The van der Waals surface area contributed by atoms with Gasteiger partial charge < -0.3 is 15.7 Å². The summed E-state index contributed by atoms with van der Waals surface area (Å²) in [6, 6.07) is -0.506. The van der Waals surface area contributed by atoms with Crippen LogP contribution < -0.4 is 10.6 Å². The SMILES string of the molecule is CCNC(CCCCNC(=O)C1=C/C=C\C=C/C=C1)C(=O)O. The van der Waals surface area contributed by atoms with Gasteiger partial charge in [-0.2, -0.15) is 0 Å². The largest absolute Gasteiger partial charge is 0.480 e. The summed E-state index contributed by atoms with van der Waals surface area (Å²) >= 11 is 0. The molecule has 0 spiro atoms. The van der Waals surface area contributed by atoms with E-state index in [0.717, 1.165) is 12.8 Å². The number of carbonyl (C=O) groups is 2. The summed E-state index contributed by atoms with van der Waals surface area (Å²) in [7, 11) is 0. The van der Waals surface area contributed by atoms with Crippen LogP contribution in [0, 0.1) is 0 Å². The van der Waals surface area contributed by atoms with Crippen molar-refractivity contribution in [2.24, 2.45) is 0 Å². The molecule has 120 valence electrons. The standard InChI is InChI=1S/C17H24N2O3/c1-2-18-15(17(21)22)12-8-9-13-19-16(20)14-10-6-4-3-5-7-11-14/h3-7,10-11,15,18H,2,8-9,12-13H2,1H3,(H,19,20)(H,21,22)/b4-3-,5-3?,6-4?,7-5-,10-6?,11-7?,14-10?,14-11?. The van der Waals surface area contributed by atoms with E-state index in [4.69, 9.17) is 5.11 Å². The maximum atomic E-state index is 12.0. The minimum Gasteiger partial charge on any atom is -0.480 e. The molecule has 0 aromatic carbocycles. The molecule has 0 fully saturated rings. The number of carboxylic acid groups (broad SMARTS) is 1. The van der Waals surface area contributed by atoms with Crippen LogP contribution in [0.1, 0.15) is 26.2 Å². The molecule has 0 aromatic rings. The molecule has 3 N–H and O–H groups in total. The third-order valence-electron chi connectivity index (χ3n) is 3.21. The molecule has 1 aliphatic rings. The normalized spacial score (nSPS) is 17.8. The Balaban J connectivity index is 2.26. The van der Waals surface area contributed by atoms with Gasteiger partial charge in [-0.15, -0.1) is 0 Å². The second-order valence-corrected chi connectivity index (χ2v) is 4.95. The van der Waals surface area contributed by atoms with Crippen molar-refractivity contribution in [2.75, 3.05) is 13.1 Å². The van der Waals surface area contributed by atoms with Crippen molar-refractivity contribution in [3.63, 3.8) is 0 Å². The lowest BCUT2D eigenvalue weighted by Gasteiger charge is -2.12. The van der Waals surface area contributed by atoms with Crippen LogP contribution in [-0.4, -0.2) is 36.1 Å². The van der Waals surface area contributed by atoms with E-state index in [1.165, 1.54) is 0 Å². The Morgan fingerprint density at radius 1 is 1.14 bits per heavy atom. The van der Waals surface area contributed by atoms with Crippen molar-refractivity contribution in [3.8, 4) is 0 Å². The van der Waals surface area contributed by atoms with E-state index in [1.807, 2.05) is 37.3 Å². The van der Waals surface area contributed by atoms with E-state index in [1.54, 1.807) is 12.2 Å². The molecule has 0 saturated heterocycles. The smallest absolute Gasteiger partial charge is 0.320 e. The van der Waals surface area contributed by atoms with Gasteiger partial charge in [0.05, 0.1) is 0 Å². The van der Waals surface area contributed by atoms with Crippen molar-refractivity contribution in [2.45, 2.75) is 32.2 Å². The number of likely N-dealkylation sites (N-methyl/N-ethyl adjacent to an activating group) is 1. The fraction of sp³-hybridized carbons (Fsp3) is 0.412. The van der Waals surface area contributed by atoms with Crippen molar-refractivity contribution in [1.29, 1.82) is 0 Å². The number of allylic oxidation sites excluding steroid dienone is 6.